The smallest absolute Gasteiger partial charge is 0.227 e. The molecule has 5 nitrogen and oxygen atoms in total. The lowest BCUT2D eigenvalue weighted by molar-refractivity contribution is 0.620. The molecule has 0 spiro atoms. The Morgan fingerprint density at radius 1 is 0.397 bits per heavy atom. The van der Waals surface area contributed by atoms with Crippen LogP contribution in [0.4, 0.5) is 34.1 Å². The standard InChI is InChI=1S/C53H36N4O/c1-5-18-38(19-6-1)53-54-52-50(56(41-23-9-3-10-24-41)43-30-29-37-17-13-14-20-39(37)33-43)35-45(36-51(52)58-53)55(40-21-7-2-8-22-40)44-31-32-49-47(34-44)46-27-15-16-28-48(46)57(49)42-25-11-4-12-26-42/h1-36H. The van der Waals surface area contributed by atoms with Gasteiger partial charge in [-0.1, -0.05) is 121 Å². The van der Waals surface area contributed by atoms with Crippen LogP contribution in [0.2, 0.25) is 0 Å². The van der Waals surface area contributed by atoms with Gasteiger partial charge in [-0.15, -0.1) is 0 Å². The number of oxazole rings is 1. The van der Waals surface area contributed by atoms with E-state index in [0.29, 0.717) is 11.5 Å². The first-order chi connectivity index (χ1) is 28.8. The van der Waals surface area contributed by atoms with Crippen molar-refractivity contribution in [3.8, 4) is 17.1 Å². The summed E-state index contributed by atoms with van der Waals surface area (Å²) >= 11 is 0. The molecular weight excluding hydrogens is 709 g/mol. The van der Waals surface area contributed by atoms with Crippen LogP contribution in [0.5, 0.6) is 0 Å². The summed E-state index contributed by atoms with van der Waals surface area (Å²) in [5.74, 6) is 0.571. The molecule has 11 rings (SSSR count). The second-order valence-electron chi connectivity index (χ2n) is 14.5. The third kappa shape index (κ3) is 5.76. The van der Waals surface area contributed by atoms with Gasteiger partial charge in [-0.2, -0.15) is 0 Å². The highest BCUT2D eigenvalue weighted by Crippen LogP contribution is 2.46. The zero-order chi connectivity index (χ0) is 38.4. The number of fused-ring (bicyclic) bond motifs is 5. The Labute approximate surface area is 335 Å². The molecule has 0 saturated heterocycles. The Morgan fingerprint density at radius 2 is 0.983 bits per heavy atom. The van der Waals surface area contributed by atoms with E-state index in [0.717, 1.165) is 61.8 Å². The van der Waals surface area contributed by atoms with Crippen molar-refractivity contribution >= 4 is 77.8 Å². The third-order valence-electron chi connectivity index (χ3n) is 10.9. The van der Waals surface area contributed by atoms with Gasteiger partial charge in [-0.25, -0.2) is 4.98 Å². The van der Waals surface area contributed by atoms with Crippen molar-refractivity contribution in [2.24, 2.45) is 0 Å². The van der Waals surface area contributed by atoms with Crippen molar-refractivity contribution in [2.75, 3.05) is 9.80 Å². The topological polar surface area (TPSA) is 37.4 Å². The van der Waals surface area contributed by atoms with Crippen molar-refractivity contribution < 1.29 is 4.42 Å². The minimum Gasteiger partial charge on any atom is -0.436 e. The zero-order valence-electron chi connectivity index (χ0n) is 31.5. The highest BCUT2D eigenvalue weighted by molar-refractivity contribution is 6.11. The van der Waals surface area contributed by atoms with Crippen LogP contribution in [0.15, 0.2) is 223 Å². The molecule has 0 aliphatic carbocycles. The highest BCUT2D eigenvalue weighted by Gasteiger charge is 2.25. The van der Waals surface area contributed by atoms with E-state index >= 15 is 0 Å². The Hall–Kier alpha value is -7.89. The first-order valence-electron chi connectivity index (χ1n) is 19.5. The van der Waals surface area contributed by atoms with E-state index in [9.17, 15) is 0 Å². The molecule has 2 heterocycles. The maximum atomic E-state index is 6.76. The maximum Gasteiger partial charge on any atom is 0.227 e. The fraction of sp³-hybridized carbons (Fsp3) is 0. The molecule has 0 bridgehead atoms. The lowest BCUT2D eigenvalue weighted by atomic mass is 10.1. The minimum atomic E-state index is 0.571. The number of hydrogen-bond donors (Lipinski definition) is 0. The molecule has 58 heavy (non-hydrogen) atoms. The molecule has 11 aromatic rings. The van der Waals surface area contributed by atoms with E-state index in [4.69, 9.17) is 9.40 Å². The van der Waals surface area contributed by atoms with Crippen LogP contribution in [0.3, 0.4) is 0 Å². The fourth-order valence-electron chi connectivity index (χ4n) is 8.30. The number of aromatic nitrogens is 2. The quantitative estimate of drug-likeness (QED) is 0.155. The normalized spacial score (nSPS) is 11.4. The molecule has 0 amide bonds. The van der Waals surface area contributed by atoms with Crippen molar-refractivity contribution in [3.05, 3.63) is 218 Å². The number of anilines is 6. The molecule has 0 aliphatic heterocycles. The van der Waals surface area contributed by atoms with Crippen LogP contribution >= 0.6 is 0 Å². The number of para-hydroxylation sites is 4. The van der Waals surface area contributed by atoms with E-state index in [1.54, 1.807) is 0 Å². The van der Waals surface area contributed by atoms with Gasteiger partial charge in [0.1, 0.15) is 5.52 Å². The molecule has 0 atom stereocenters. The van der Waals surface area contributed by atoms with Crippen LogP contribution in [-0.4, -0.2) is 9.55 Å². The van der Waals surface area contributed by atoms with Crippen molar-refractivity contribution in [1.29, 1.82) is 0 Å². The van der Waals surface area contributed by atoms with Gasteiger partial charge in [0.2, 0.25) is 5.89 Å². The Bertz CT molecular complexity index is 3230. The first kappa shape index (κ1) is 33.4. The molecule has 0 radical (unpaired) electrons. The van der Waals surface area contributed by atoms with Crippen LogP contribution in [-0.2, 0) is 0 Å². The molecule has 0 aliphatic rings. The molecule has 2 aromatic heterocycles. The summed E-state index contributed by atoms with van der Waals surface area (Å²) in [5, 5.41) is 4.71. The number of rotatable bonds is 8. The van der Waals surface area contributed by atoms with Crippen molar-refractivity contribution in [3.63, 3.8) is 0 Å². The van der Waals surface area contributed by atoms with Gasteiger partial charge in [0.25, 0.3) is 0 Å². The average Bonchev–Trinajstić information content (AvgIpc) is 3.88. The summed E-state index contributed by atoms with van der Waals surface area (Å²) < 4.78 is 9.12. The summed E-state index contributed by atoms with van der Waals surface area (Å²) in [4.78, 5) is 9.87. The van der Waals surface area contributed by atoms with E-state index in [2.05, 4.69) is 202 Å². The number of hydrogen-bond acceptors (Lipinski definition) is 4. The monoisotopic (exact) mass is 744 g/mol. The molecule has 274 valence electrons. The predicted molar refractivity (Wildman–Crippen MR) is 241 cm³/mol. The van der Waals surface area contributed by atoms with Gasteiger partial charge in [-0.05, 0) is 102 Å². The second kappa shape index (κ2) is 14.0. The summed E-state index contributed by atoms with van der Waals surface area (Å²) in [7, 11) is 0. The van der Waals surface area contributed by atoms with Crippen LogP contribution in [0.1, 0.15) is 0 Å². The summed E-state index contributed by atoms with van der Waals surface area (Å²) in [6, 6.07) is 76.8. The zero-order valence-corrected chi connectivity index (χ0v) is 31.5. The second-order valence-corrected chi connectivity index (χ2v) is 14.5. The lowest BCUT2D eigenvalue weighted by Gasteiger charge is -2.29. The van der Waals surface area contributed by atoms with Crippen molar-refractivity contribution in [1.82, 2.24) is 9.55 Å². The first-order valence-corrected chi connectivity index (χ1v) is 19.5. The molecule has 0 fully saturated rings. The van der Waals surface area contributed by atoms with E-state index in [-0.39, 0.29) is 0 Å². The van der Waals surface area contributed by atoms with Gasteiger partial charge in [0.15, 0.2) is 5.58 Å². The molecular formula is C53H36N4O. The summed E-state index contributed by atoms with van der Waals surface area (Å²) in [5.41, 5.74) is 11.8. The SMILES string of the molecule is c1ccc(-c2nc3c(N(c4ccccc4)c4ccc5ccccc5c4)cc(N(c4ccccc4)c4ccc5c(c4)c4ccccc4n5-c4ccccc4)cc3o2)cc1. The van der Waals surface area contributed by atoms with Gasteiger partial charge in [0, 0.05) is 50.8 Å². The third-order valence-corrected chi connectivity index (χ3v) is 10.9. The lowest BCUT2D eigenvalue weighted by Crippen LogP contribution is -2.14. The maximum absolute atomic E-state index is 6.76. The number of benzene rings is 9. The van der Waals surface area contributed by atoms with Crippen LogP contribution < -0.4 is 9.80 Å². The largest absolute Gasteiger partial charge is 0.436 e. The minimum absolute atomic E-state index is 0.571. The molecule has 5 heteroatoms. The highest BCUT2D eigenvalue weighted by atomic mass is 16.3. The van der Waals surface area contributed by atoms with Gasteiger partial charge >= 0.3 is 0 Å². The Morgan fingerprint density at radius 3 is 1.74 bits per heavy atom. The van der Waals surface area contributed by atoms with Gasteiger partial charge in [0.05, 0.1) is 22.4 Å². The van der Waals surface area contributed by atoms with Gasteiger partial charge < -0.3 is 18.8 Å². The number of nitrogens with zero attached hydrogens (tertiary/aromatic N) is 4. The molecule has 0 unspecified atom stereocenters. The molecule has 0 saturated carbocycles. The summed E-state index contributed by atoms with van der Waals surface area (Å²) in [6.45, 7) is 0. The van der Waals surface area contributed by atoms with Crippen molar-refractivity contribution in [2.45, 2.75) is 0 Å². The molecule has 9 aromatic carbocycles. The van der Waals surface area contributed by atoms with Crippen LogP contribution in [0, 0.1) is 0 Å². The Kier molecular flexibility index (Phi) is 8.07. The molecule has 0 N–H and O–H groups in total. The predicted octanol–water partition coefficient (Wildman–Crippen LogP) is 14.7. The van der Waals surface area contributed by atoms with Crippen LogP contribution in [0.25, 0.3) is 60.8 Å². The Balaban J connectivity index is 1.18. The fourth-order valence-corrected chi connectivity index (χ4v) is 8.30. The van der Waals surface area contributed by atoms with E-state index < -0.39 is 0 Å². The van der Waals surface area contributed by atoms with E-state index in [1.807, 2.05) is 30.3 Å². The van der Waals surface area contributed by atoms with Gasteiger partial charge in [-0.3, -0.25) is 0 Å². The average molecular weight is 745 g/mol. The van der Waals surface area contributed by atoms with E-state index in [1.165, 1.54) is 21.7 Å². The summed E-state index contributed by atoms with van der Waals surface area (Å²) in [6.07, 6.45) is 0.